The summed E-state index contributed by atoms with van der Waals surface area (Å²) in [6.45, 7) is 0.847. The average Bonchev–Trinajstić information content (AvgIpc) is 2.42. The van der Waals surface area contributed by atoms with Gasteiger partial charge in [0.2, 0.25) is 0 Å². The van der Waals surface area contributed by atoms with Gasteiger partial charge in [-0.15, -0.1) is 0 Å². The monoisotopic (exact) mass is 325 g/mol. The lowest BCUT2D eigenvalue weighted by atomic mass is 9.83. The van der Waals surface area contributed by atoms with E-state index in [1.54, 1.807) is 0 Å². The van der Waals surface area contributed by atoms with Crippen molar-refractivity contribution in [3.63, 3.8) is 0 Å². The second-order valence-corrected chi connectivity index (χ2v) is 6.17. The van der Waals surface area contributed by atoms with Crippen LogP contribution in [-0.2, 0) is 0 Å². The molecule has 0 saturated heterocycles. The maximum Gasteiger partial charge on any atom is 0.131 e. The summed E-state index contributed by atoms with van der Waals surface area (Å²) in [7, 11) is 1.95. The van der Waals surface area contributed by atoms with Crippen molar-refractivity contribution in [2.45, 2.75) is 32.1 Å². The topological polar surface area (TPSA) is 12.0 Å². The second-order valence-electron chi connectivity index (χ2n) is 5.25. The molecule has 1 aromatic rings. The first-order valence-corrected chi connectivity index (χ1v) is 7.80. The van der Waals surface area contributed by atoms with Crippen LogP contribution in [0.3, 0.4) is 0 Å². The molecule has 104 valence electrons. The molecular formula is C16H21BrFN. The van der Waals surface area contributed by atoms with Crippen LogP contribution in [0.2, 0.25) is 0 Å². The van der Waals surface area contributed by atoms with E-state index in [1.165, 1.54) is 43.7 Å². The van der Waals surface area contributed by atoms with Gasteiger partial charge in [-0.1, -0.05) is 52.9 Å². The third kappa shape index (κ3) is 4.15. The Labute approximate surface area is 123 Å². The fourth-order valence-corrected chi connectivity index (χ4v) is 3.14. The molecule has 1 saturated carbocycles. The highest BCUT2D eigenvalue weighted by molar-refractivity contribution is 9.10. The maximum absolute atomic E-state index is 13.9. The van der Waals surface area contributed by atoms with Crippen LogP contribution in [0.4, 0.5) is 4.39 Å². The fraction of sp³-hybridized carbons (Fsp3) is 0.500. The molecule has 1 aromatic carbocycles. The van der Waals surface area contributed by atoms with Crippen molar-refractivity contribution in [2.75, 3.05) is 13.6 Å². The molecule has 1 aliphatic rings. The molecule has 0 spiro atoms. The molecule has 0 unspecified atom stereocenters. The van der Waals surface area contributed by atoms with Gasteiger partial charge in [0, 0.05) is 16.6 Å². The van der Waals surface area contributed by atoms with Gasteiger partial charge in [-0.25, -0.2) is 4.39 Å². The molecule has 2 rings (SSSR count). The molecule has 1 nitrogen and oxygen atoms in total. The maximum atomic E-state index is 13.9. The Hall–Kier alpha value is -0.670. The molecule has 0 amide bonds. The van der Waals surface area contributed by atoms with E-state index in [0.717, 1.165) is 11.0 Å². The standard InChI is InChI=1S/C16H21BrFN/c1-19-11-14(12-5-3-2-4-6-12)9-13-7-8-15(17)10-16(13)18/h7-10,12,19H,2-6,11H2,1H3. The van der Waals surface area contributed by atoms with E-state index in [-0.39, 0.29) is 5.82 Å². The van der Waals surface area contributed by atoms with Gasteiger partial charge in [-0.05, 0) is 37.9 Å². The molecule has 0 atom stereocenters. The summed E-state index contributed by atoms with van der Waals surface area (Å²) in [4.78, 5) is 0. The second kappa shape index (κ2) is 7.20. The van der Waals surface area contributed by atoms with Crippen molar-refractivity contribution in [2.24, 2.45) is 5.92 Å². The predicted molar refractivity (Wildman–Crippen MR) is 82.6 cm³/mol. The van der Waals surface area contributed by atoms with Crippen LogP contribution in [0.1, 0.15) is 37.7 Å². The lowest BCUT2D eigenvalue weighted by Crippen LogP contribution is -2.19. The van der Waals surface area contributed by atoms with Crippen LogP contribution in [-0.4, -0.2) is 13.6 Å². The number of benzene rings is 1. The van der Waals surface area contributed by atoms with Gasteiger partial charge < -0.3 is 5.32 Å². The van der Waals surface area contributed by atoms with Gasteiger partial charge in [0.05, 0.1) is 0 Å². The number of halogens is 2. The van der Waals surface area contributed by atoms with Crippen LogP contribution in [0.5, 0.6) is 0 Å². The van der Waals surface area contributed by atoms with Crippen LogP contribution in [0.15, 0.2) is 28.2 Å². The smallest absolute Gasteiger partial charge is 0.131 e. The zero-order valence-corrected chi connectivity index (χ0v) is 13.0. The first kappa shape index (κ1) is 14.7. The van der Waals surface area contributed by atoms with E-state index in [9.17, 15) is 4.39 Å². The molecule has 0 aromatic heterocycles. The average molecular weight is 326 g/mol. The van der Waals surface area contributed by atoms with E-state index in [0.29, 0.717) is 11.5 Å². The lowest BCUT2D eigenvalue weighted by Gasteiger charge is -2.24. The van der Waals surface area contributed by atoms with Crippen molar-refractivity contribution < 1.29 is 4.39 Å². The third-order valence-electron chi connectivity index (χ3n) is 3.81. The van der Waals surface area contributed by atoms with Gasteiger partial charge in [-0.3, -0.25) is 0 Å². The fourth-order valence-electron chi connectivity index (χ4n) is 2.81. The molecule has 1 N–H and O–H groups in total. The van der Waals surface area contributed by atoms with E-state index >= 15 is 0 Å². The molecule has 1 aliphatic carbocycles. The molecule has 0 aliphatic heterocycles. The minimum Gasteiger partial charge on any atom is -0.316 e. The molecule has 0 bridgehead atoms. The van der Waals surface area contributed by atoms with Crippen molar-refractivity contribution in [1.82, 2.24) is 5.32 Å². The van der Waals surface area contributed by atoms with Crippen molar-refractivity contribution in [3.05, 3.63) is 39.6 Å². The number of likely N-dealkylation sites (N-methyl/N-ethyl adjacent to an activating group) is 1. The van der Waals surface area contributed by atoms with Gasteiger partial charge in [0.1, 0.15) is 5.82 Å². The van der Waals surface area contributed by atoms with Crippen LogP contribution >= 0.6 is 15.9 Å². The number of hydrogen-bond donors (Lipinski definition) is 1. The first-order chi connectivity index (χ1) is 9.20. The quantitative estimate of drug-likeness (QED) is 0.840. The summed E-state index contributed by atoms with van der Waals surface area (Å²) < 4.78 is 14.7. The third-order valence-corrected chi connectivity index (χ3v) is 4.31. The highest BCUT2D eigenvalue weighted by Crippen LogP contribution is 2.31. The highest BCUT2D eigenvalue weighted by Gasteiger charge is 2.17. The Balaban J connectivity index is 2.23. The zero-order chi connectivity index (χ0) is 13.7. The summed E-state index contributed by atoms with van der Waals surface area (Å²) in [5.74, 6) is 0.461. The van der Waals surface area contributed by atoms with Gasteiger partial charge in [-0.2, -0.15) is 0 Å². The van der Waals surface area contributed by atoms with Crippen molar-refractivity contribution in [1.29, 1.82) is 0 Å². The molecule has 3 heteroatoms. The van der Waals surface area contributed by atoms with E-state index in [2.05, 4.69) is 21.2 Å². The predicted octanol–water partition coefficient (Wildman–Crippen LogP) is 4.77. The highest BCUT2D eigenvalue weighted by atomic mass is 79.9. The normalized spacial score (nSPS) is 17.7. The number of hydrogen-bond acceptors (Lipinski definition) is 1. The minimum atomic E-state index is -0.154. The molecule has 0 radical (unpaired) electrons. The molecular weight excluding hydrogens is 305 g/mol. The Morgan fingerprint density at radius 2 is 2.11 bits per heavy atom. The number of nitrogens with one attached hydrogen (secondary N) is 1. The Morgan fingerprint density at radius 3 is 2.74 bits per heavy atom. The molecule has 1 fully saturated rings. The largest absolute Gasteiger partial charge is 0.316 e. The van der Waals surface area contributed by atoms with Crippen LogP contribution < -0.4 is 5.32 Å². The minimum absolute atomic E-state index is 0.154. The van der Waals surface area contributed by atoms with Crippen LogP contribution in [0.25, 0.3) is 6.08 Å². The zero-order valence-electron chi connectivity index (χ0n) is 11.4. The van der Waals surface area contributed by atoms with Crippen molar-refractivity contribution >= 4 is 22.0 Å². The summed E-state index contributed by atoms with van der Waals surface area (Å²) >= 11 is 3.30. The van der Waals surface area contributed by atoms with Crippen molar-refractivity contribution in [3.8, 4) is 0 Å². The summed E-state index contributed by atoms with van der Waals surface area (Å²) in [5, 5.41) is 3.22. The Morgan fingerprint density at radius 1 is 1.37 bits per heavy atom. The van der Waals surface area contributed by atoms with Gasteiger partial charge in [0.25, 0.3) is 0 Å². The van der Waals surface area contributed by atoms with E-state index < -0.39 is 0 Å². The van der Waals surface area contributed by atoms with Crippen LogP contribution in [0, 0.1) is 11.7 Å². The summed E-state index contributed by atoms with van der Waals surface area (Å²) in [5.41, 5.74) is 2.03. The first-order valence-electron chi connectivity index (χ1n) is 7.01. The Kier molecular flexibility index (Phi) is 5.59. The molecule has 0 heterocycles. The summed E-state index contributed by atoms with van der Waals surface area (Å²) in [6.07, 6.45) is 8.46. The SMILES string of the molecule is CNCC(=Cc1ccc(Br)cc1F)C1CCCCC1. The van der Waals surface area contributed by atoms with E-state index in [1.807, 2.05) is 25.3 Å². The van der Waals surface area contributed by atoms with E-state index in [4.69, 9.17) is 0 Å². The summed E-state index contributed by atoms with van der Waals surface area (Å²) in [6, 6.07) is 5.27. The molecule has 19 heavy (non-hydrogen) atoms. The number of rotatable bonds is 4. The Bertz CT molecular complexity index is 450. The van der Waals surface area contributed by atoms with Gasteiger partial charge >= 0.3 is 0 Å². The van der Waals surface area contributed by atoms with Gasteiger partial charge in [0.15, 0.2) is 0 Å². The lowest BCUT2D eigenvalue weighted by molar-refractivity contribution is 0.398.